The van der Waals surface area contributed by atoms with Gasteiger partial charge in [0.25, 0.3) is 0 Å². The zero-order valence-corrected chi connectivity index (χ0v) is 11.9. The second-order valence-electron chi connectivity index (χ2n) is 5.39. The smallest absolute Gasteiger partial charge is 0.137 e. The number of piperidine rings is 1. The van der Waals surface area contributed by atoms with E-state index in [4.69, 9.17) is 5.73 Å². The van der Waals surface area contributed by atoms with Crippen LogP contribution in [0, 0.1) is 5.82 Å². The summed E-state index contributed by atoms with van der Waals surface area (Å²) in [6, 6.07) is 6.41. The van der Waals surface area contributed by atoms with Crippen LogP contribution < -0.4 is 5.73 Å². The van der Waals surface area contributed by atoms with Crippen molar-refractivity contribution in [3.8, 4) is 0 Å². The largest absolute Gasteiger partial charge is 0.326 e. The van der Waals surface area contributed by atoms with E-state index in [1.807, 2.05) is 6.07 Å². The Balaban J connectivity index is 1.92. The molecule has 0 radical (unpaired) electrons. The molecule has 18 heavy (non-hydrogen) atoms. The van der Waals surface area contributed by atoms with Crippen molar-refractivity contribution in [1.29, 1.82) is 0 Å². The summed E-state index contributed by atoms with van der Waals surface area (Å²) in [6.07, 6.45) is 4.73. The zero-order valence-electron chi connectivity index (χ0n) is 10.3. The summed E-state index contributed by atoms with van der Waals surface area (Å²) >= 11 is 3.21. The van der Waals surface area contributed by atoms with Crippen LogP contribution in [-0.4, -0.2) is 23.5 Å². The monoisotopic (exact) mass is 312 g/mol. The Bertz CT molecular complexity index is 447. The van der Waals surface area contributed by atoms with E-state index in [2.05, 4.69) is 20.8 Å². The second kappa shape index (κ2) is 4.91. The average Bonchev–Trinajstić information content (AvgIpc) is 3.17. The lowest BCUT2D eigenvalue weighted by Crippen LogP contribution is -2.46. The number of nitrogens with two attached hydrogens (primary N) is 1. The topological polar surface area (TPSA) is 29.3 Å². The molecule has 1 aromatic carbocycles. The first-order valence-electron chi connectivity index (χ1n) is 6.63. The van der Waals surface area contributed by atoms with Gasteiger partial charge in [0.15, 0.2) is 0 Å². The summed E-state index contributed by atoms with van der Waals surface area (Å²) in [5.41, 5.74) is 7.30. The average molecular weight is 313 g/mol. The first-order chi connectivity index (χ1) is 8.66. The quantitative estimate of drug-likeness (QED) is 0.908. The normalized spacial score (nSPS) is 29.5. The van der Waals surface area contributed by atoms with Crippen LogP contribution in [0.1, 0.15) is 37.3 Å². The Morgan fingerprint density at radius 3 is 2.72 bits per heavy atom. The Morgan fingerprint density at radius 2 is 2.06 bits per heavy atom. The molecule has 2 N–H and O–H groups in total. The molecule has 1 aliphatic carbocycles. The lowest BCUT2D eigenvalue weighted by Gasteiger charge is -2.40. The van der Waals surface area contributed by atoms with Crippen LogP contribution in [0.2, 0.25) is 0 Å². The van der Waals surface area contributed by atoms with E-state index < -0.39 is 0 Å². The van der Waals surface area contributed by atoms with Crippen molar-refractivity contribution in [2.45, 2.75) is 43.8 Å². The fourth-order valence-electron chi connectivity index (χ4n) is 3.00. The molecule has 2 atom stereocenters. The molecule has 3 rings (SSSR count). The molecule has 2 aliphatic rings. The van der Waals surface area contributed by atoms with Gasteiger partial charge in [-0.1, -0.05) is 6.07 Å². The van der Waals surface area contributed by atoms with Gasteiger partial charge < -0.3 is 5.73 Å². The standard InChI is InChI=1S/C14H18BrFN2/c15-11-6-3-9(8-12(11)16)14-13(17)2-1-7-18(14)10-4-5-10/h3,6,8,10,13-14H,1-2,4-5,7,17H2. The predicted molar refractivity (Wildman–Crippen MR) is 73.8 cm³/mol. The maximum absolute atomic E-state index is 13.7. The molecule has 0 amide bonds. The molecule has 2 nitrogen and oxygen atoms in total. The first-order valence-corrected chi connectivity index (χ1v) is 7.42. The first kappa shape index (κ1) is 12.6. The molecular weight excluding hydrogens is 295 g/mol. The van der Waals surface area contributed by atoms with Gasteiger partial charge in [0.2, 0.25) is 0 Å². The highest BCUT2D eigenvalue weighted by Crippen LogP contribution is 2.39. The van der Waals surface area contributed by atoms with Crippen molar-refractivity contribution in [3.63, 3.8) is 0 Å². The lowest BCUT2D eigenvalue weighted by atomic mass is 9.90. The number of hydrogen-bond acceptors (Lipinski definition) is 2. The van der Waals surface area contributed by atoms with E-state index in [-0.39, 0.29) is 17.9 Å². The van der Waals surface area contributed by atoms with Gasteiger partial charge in [-0.2, -0.15) is 0 Å². The van der Waals surface area contributed by atoms with Crippen LogP contribution in [-0.2, 0) is 0 Å². The molecule has 1 aliphatic heterocycles. The fraction of sp³-hybridized carbons (Fsp3) is 0.571. The van der Waals surface area contributed by atoms with Crippen molar-refractivity contribution in [2.75, 3.05) is 6.54 Å². The van der Waals surface area contributed by atoms with Gasteiger partial charge in [0, 0.05) is 12.1 Å². The molecule has 98 valence electrons. The minimum Gasteiger partial charge on any atom is -0.326 e. The van der Waals surface area contributed by atoms with Crippen LogP contribution in [0.5, 0.6) is 0 Å². The van der Waals surface area contributed by atoms with E-state index >= 15 is 0 Å². The predicted octanol–water partition coefficient (Wildman–Crippen LogP) is 3.21. The third kappa shape index (κ3) is 2.33. The maximum atomic E-state index is 13.7. The highest BCUT2D eigenvalue weighted by Gasteiger charge is 2.39. The molecule has 1 saturated carbocycles. The number of likely N-dealkylation sites (tertiary alicyclic amines) is 1. The zero-order chi connectivity index (χ0) is 12.7. The molecule has 0 spiro atoms. The van der Waals surface area contributed by atoms with Gasteiger partial charge in [0.1, 0.15) is 5.82 Å². The summed E-state index contributed by atoms with van der Waals surface area (Å²) in [5.74, 6) is -0.193. The Kier molecular flexibility index (Phi) is 3.43. The highest BCUT2D eigenvalue weighted by molar-refractivity contribution is 9.10. The highest BCUT2D eigenvalue weighted by atomic mass is 79.9. The van der Waals surface area contributed by atoms with Gasteiger partial charge in [-0.3, -0.25) is 4.90 Å². The van der Waals surface area contributed by atoms with Crippen molar-refractivity contribution in [2.24, 2.45) is 5.73 Å². The number of nitrogens with zero attached hydrogens (tertiary/aromatic N) is 1. The number of hydrogen-bond donors (Lipinski definition) is 1. The van der Waals surface area contributed by atoms with Gasteiger partial charge >= 0.3 is 0 Å². The number of benzene rings is 1. The van der Waals surface area contributed by atoms with Gasteiger partial charge in [-0.25, -0.2) is 4.39 Å². The second-order valence-corrected chi connectivity index (χ2v) is 6.25. The van der Waals surface area contributed by atoms with Crippen molar-refractivity contribution >= 4 is 15.9 Å². The van der Waals surface area contributed by atoms with Crippen molar-refractivity contribution in [3.05, 3.63) is 34.1 Å². The van der Waals surface area contributed by atoms with Crippen LogP contribution in [0.3, 0.4) is 0 Å². The third-order valence-electron chi connectivity index (χ3n) is 4.02. The lowest BCUT2D eigenvalue weighted by molar-refractivity contribution is 0.119. The van der Waals surface area contributed by atoms with Crippen molar-refractivity contribution < 1.29 is 4.39 Å². The van der Waals surface area contributed by atoms with E-state index in [1.165, 1.54) is 12.8 Å². The van der Waals surface area contributed by atoms with Gasteiger partial charge in [0.05, 0.1) is 10.5 Å². The van der Waals surface area contributed by atoms with E-state index in [1.54, 1.807) is 12.1 Å². The summed E-state index contributed by atoms with van der Waals surface area (Å²) in [7, 11) is 0. The Hall–Kier alpha value is -0.450. The van der Waals surface area contributed by atoms with Crippen LogP contribution in [0.25, 0.3) is 0 Å². The number of halogens is 2. The van der Waals surface area contributed by atoms with Crippen LogP contribution in [0.4, 0.5) is 4.39 Å². The third-order valence-corrected chi connectivity index (χ3v) is 4.66. The van der Waals surface area contributed by atoms with Gasteiger partial charge in [-0.15, -0.1) is 0 Å². The number of rotatable bonds is 2. The van der Waals surface area contributed by atoms with E-state index in [0.29, 0.717) is 10.5 Å². The summed E-state index contributed by atoms with van der Waals surface area (Å²) in [5, 5.41) is 0. The molecule has 1 aromatic rings. The Morgan fingerprint density at radius 1 is 1.28 bits per heavy atom. The molecular formula is C14H18BrFN2. The Labute approximate surface area is 115 Å². The summed E-state index contributed by atoms with van der Waals surface area (Å²) in [4.78, 5) is 2.48. The van der Waals surface area contributed by atoms with E-state index in [0.717, 1.165) is 24.9 Å². The minimum absolute atomic E-state index is 0.125. The minimum atomic E-state index is -0.193. The molecule has 0 aromatic heterocycles. The summed E-state index contributed by atoms with van der Waals surface area (Å²) in [6.45, 7) is 1.10. The molecule has 1 saturated heterocycles. The molecule has 4 heteroatoms. The molecule has 0 bridgehead atoms. The molecule has 2 fully saturated rings. The molecule has 2 unspecified atom stereocenters. The van der Waals surface area contributed by atoms with Crippen molar-refractivity contribution in [1.82, 2.24) is 4.90 Å². The molecule has 1 heterocycles. The van der Waals surface area contributed by atoms with E-state index in [9.17, 15) is 4.39 Å². The fourth-order valence-corrected chi connectivity index (χ4v) is 3.25. The summed E-state index contributed by atoms with van der Waals surface area (Å²) < 4.78 is 14.2. The van der Waals surface area contributed by atoms with Crippen LogP contribution in [0.15, 0.2) is 22.7 Å². The van der Waals surface area contributed by atoms with Gasteiger partial charge in [-0.05, 0) is 65.9 Å². The SMILES string of the molecule is NC1CCCN(C2CC2)C1c1ccc(Br)c(F)c1. The van der Waals surface area contributed by atoms with Crippen LogP contribution >= 0.6 is 15.9 Å². The maximum Gasteiger partial charge on any atom is 0.137 e.